The van der Waals surface area contributed by atoms with Crippen LogP contribution >= 0.6 is 0 Å². The predicted molar refractivity (Wildman–Crippen MR) is 78.7 cm³/mol. The second kappa shape index (κ2) is 4.55. The van der Waals surface area contributed by atoms with Crippen LogP contribution in [0.15, 0.2) is 35.4 Å². The molecule has 0 unspecified atom stereocenters. The molecule has 1 aliphatic carbocycles. The van der Waals surface area contributed by atoms with Crippen molar-refractivity contribution in [3.63, 3.8) is 0 Å². The summed E-state index contributed by atoms with van der Waals surface area (Å²) in [6.07, 6.45) is 6.47. The van der Waals surface area contributed by atoms with E-state index in [0.717, 1.165) is 36.2 Å². The molecule has 4 rings (SSSR count). The lowest BCUT2D eigenvalue weighted by Gasteiger charge is -2.17. The molecular formula is C16H15N3O2. The van der Waals surface area contributed by atoms with Crippen molar-refractivity contribution in [1.29, 1.82) is 0 Å². The van der Waals surface area contributed by atoms with Crippen LogP contribution < -0.4 is 10.5 Å². The Labute approximate surface area is 121 Å². The van der Waals surface area contributed by atoms with E-state index in [0.29, 0.717) is 18.0 Å². The van der Waals surface area contributed by atoms with Crippen molar-refractivity contribution < 1.29 is 4.79 Å². The number of nitrogens with one attached hydrogen (secondary N) is 1. The number of rotatable bonds is 2. The molecule has 0 spiro atoms. The third-order valence-electron chi connectivity index (χ3n) is 4.16. The van der Waals surface area contributed by atoms with Crippen molar-refractivity contribution in [2.45, 2.75) is 25.2 Å². The van der Waals surface area contributed by atoms with E-state index in [2.05, 4.69) is 9.97 Å². The molecule has 0 atom stereocenters. The van der Waals surface area contributed by atoms with E-state index in [9.17, 15) is 9.59 Å². The van der Waals surface area contributed by atoms with Crippen LogP contribution in [0.5, 0.6) is 0 Å². The van der Waals surface area contributed by atoms with Crippen molar-refractivity contribution in [3.05, 3.63) is 57.8 Å². The maximum atomic E-state index is 12.7. The topological polar surface area (TPSA) is 66.1 Å². The van der Waals surface area contributed by atoms with Crippen LogP contribution in [0.2, 0.25) is 0 Å². The first kappa shape index (κ1) is 12.3. The Kier molecular flexibility index (Phi) is 2.67. The Hall–Kier alpha value is -2.43. The summed E-state index contributed by atoms with van der Waals surface area (Å²) in [4.78, 5) is 33.1. The first-order chi connectivity index (χ1) is 10.2. The van der Waals surface area contributed by atoms with Crippen molar-refractivity contribution in [2.75, 3.05) is 11.4 Å². The van der Waals surface area contributed by atoms with Gasteiger partial charge in [-0.3, -0.25) is 14.6 Å². The van der Waals surface area contributed by atoms with Gasteiger partial charge in [-0.15, -0.1) is 0 Å². The molecular weight excluding hydrogens is 266 g/mol. The minimum atomic E-state index is -0.201. The molecule has 1 N–H and O–H groups in total. The van der Waals surface area contributed by atoms with E-state index in [-0.39, 0.29) is 11.5 Å². The standard InChI is InChI=1S/C16H15N3O2/c20-15-8-12(7-13(18-15)10-1-2-10)16(21)19-6-4-11-3-5-17-9-14(11)19/h3,5,7-10H,1-2,4,6H2,(H,18,20). The number of H-pyrrole nitrogens is 1. The van der Waals surface area contributed by atoms with E-state index < -0.39 is 0 Å². The summed E-state index contributed by atoms with van der Waals surface area (Å²) < 4.78 is 0. The summed E-state index contributed by atoms with van der Waals surface area (Å²) in [6, 6.07) is 5.16. The van der Waals surface area contributed by atoms with Crippen LogP contribution in [0.4, 0.5) is 5.69 Å². The molecule has 5 heteroatoms. The first-order valence-electron chi connectivity index (χ1n) is 7.21. The number of nitrogens with zero attached hydrogens (tertiary/aromatic N) is 2. The van der Waals surface area contributed by atoms with Gasteiger partial charge >= 0.3 is 0 Å². The SMILES string of the molecule is O=C(c1cc(C2CC2)[nH]c(=O)c1)N1CCc2ccncc21. The molecule has 1 saturated carbocycles. The fraction of sp³-hybridized carbons (Fsp3) is 0.312. The third kappa shape index (κ3) is 2.14. The Bertz CT molecular complexity index is 777. The molecule has 2 aromatic heterocycles. The van der Waals surface area contributed by atoms with E-state index in [4.69, 9.17) is 0 Å². The average molecular weight is 281 g/mol. The Morgan fingerprint density at radius 3 is 3.00 bits per heavy atom. The normalized spacial score (nSPS) is 16.9. The smallest absolute Gasteiger partial charge is 0.258 e. The summed E-state index contributed by atoms with van der Waals surface area (Å²) >= 11 is 0. The van der Waals surface area contributed by atoms with Crippen molar-refractivity contribution in [3.8, 4) is 0 Å². The minimum absolute atomic E-state index is 0.116. The Morgan fingerprint density at radius 2 is 2.19 bits per heavy atom. The highest BCUT2D eigenvalue weighted by Gasteiger charge is 2.29. The summed E-state index contributed by atoms with van der Waals surface area (Å²) in [5, 5.41) is 0. The number of hydrogen-bond acceptors (Lipinski definition) is 3. The highest BCUT2D eigenvalue weighted by atomic mass is 16.2. The maximum absolute atomic E-state index is 12.7. The maximum Gasteiger partial charge on any atom is 0.258 e. The zero-order valence-corrected chi connectivity index (χ0v) is 11.5. The summed E-state index contributed by atoms with van der Waals surface area (Å²) in [5.74, 6) is 0.299. The number of amides is 1. The van der Waals surface area contributed by atoms with Crippen LogP contribution in [0, 0.1) is 0 Å². The summed E-state index contributed by atoms with van der Waals surface area (Å²) in [6.45, 7) is 0.644. The van der Waals surface area contributed by atoms with Gasteiger partial charge in [-0.25, -0.2) is 0 Å². The zero-order valence-electron chi connectivity index (χ0n) is 11.5. The predicted octanol–water partition coefficient (Wildman–Crippen LogP) is 1.85. The van der Waals surface area contributed by atoms with Gasteiger partial charge < -0.3 is 9.88 Å². The van der Waals surface area contributed by atoms with E-state index in [1.807, 2.05) is 12.1 Å². The van der Waals surface area contributed by atoms with Crippen LogP contribution in [0.1, 0.15) is 40.4 Å². The fourth-order valence-corrected chi connectivity index (χ4v) is 2.89. The molecule has 3 heterocycles. The number of fused-ring (bicyclic) bond motifs is 1. The quantitative estimate of drug-likeness (QED) is 0.913. The van der Waals surface area contributed by atoms with Gasteiger partial charge in [0.25, 0.3) is 5.91 Å². The van der Waals surface area contributed by atoms with Gasteiger partial charge in [0.1, 0.15) is 0 Å². The van der Waals surface area contributed by atoms with Crippen LogP contribution in [-0.2, 0) is 6.42 Å². The number of pyridine rings is 2. The lowest BCUT2D eigenvalue weighted by Crippen LogP contribution is -2.30. The molecule has 0 saturated heterocycles. The first-order valence-corrected chi connectivity index (χ1v) is 7.21. The molecule has 1 aliphatic heterocycles. The van der Waals surface area contributed by atoms with Crippen molar-refractivity contribution in [1.82, 2.24) is 9.97 Å². The minimum Gasteiger partial charge on any atom is -0.326 e. The average Bonchev–Trinajstić information content (AvgIpc) is 3.26. The van der Waals surface area contributed by atoms with Gasteiger partial charge in [-0.2, -0.15) is 0 Å². The monoisotopic (exact) mass is 281 g/mol. The largest absolute Gasteiger partial charge is 0.326 e. The van der Waals surface area contributed by atoms with Crippen LogP contribution in [0.25, 0.3) is 0 Å². The number of hydrogen-bond donors (Lipinski definition) is 1. The molecule has 0 bridgehead atoms. The van der Waals surface area contributed by atoms with Crippen molar-refractivity contribution >= 4 is 11.6 Å². The van der Waals surface area contributed by atoms with E-state index in [1.165, 1.54) is 6.07 Å². The number of carbonyl (C=O) groups excluding carboxylic acids is 1. The van der Waals surface area contributed by atoms with Gasteiger partial charge in [-0.1, -0.05) is 0 Å². The lowest BCUT2D eigenvalue weighted by molar-refractivity contribution is 0.0989. The molecule has 21 heavy (non-hydrogen) atoms. The van der Waals surface area contributed by atoms with E-state index >= 15 is 0 Å². The molecule has 0 aromatic carbocycles. The highest BCUT2D eigenvalue weighted by molar-refractivity contribution is 6.07. The third-order valence-corrected chi connectivity index (χ3v) is 4.16. The van der Waals surface area contributed by atoms with Crippen LogP contribution in [-0.4, -0.2) is 22.4 Å². The number of aromatic nitrogens is 2. The molecule has 1 fully saturated rings. The number of aromatic amines is 1. The number of carbonyl (C=O) groups is 1. The van der Waals surface area contributed by atoms with E-state index in [1.54, 1.807) is 17.3 Å². The van der Waals surface area contributed by atoms with Crippen LogP contribution in [0.3, 0.4) is 0 Å². The highest BCUT2D eigenvalue weighted by Crippen LogP contribution is 2.39. The molecule has 106 valence electrons. The molecule has 2 aliphatic rings. The molecule has 1 amide bonds. The lowest BCUT2D eigenvalue weighted by atomic mass is 10.1. The van der Waals surface area contributed by atoms with Gasteiger partial charge in [0, 0.05) is 30.1 Å². The second-order valence-electron chi connectivity index (χ2n) is 5.67. The summed E-state index contributed by atoms with van der Waals surface area (Å²) in [7, 11) is 0. The van der Waals surface area contributed by atoms with Crippen molar-refractivity contribution in [2.24, 2.45) is 0 Å². The van der Waals surface area contributed by atoms with Gasteiger partial charge in [0.05, 0.1) is 11.9 Å². The molecule has 2 aromatic rings. The Balaban J connectivity index is 1.71. The Morgan fingerprint density at radius 1 is 1.33 bits per heavy atom. The fourth-order valence-electron chi connectivity index (χ4n) is 2.89. The summed E-state index contributed by atoms with van der Waals surface area (Å²) in [5.41, 5.74) is 3.14. The molecule has 0 radical (unpaired) electrons. The van der Waals surface area contributed by atoms with Gasteiger partial charge in [0.2, 0.25) is 5.56 Å². The zero-order chi connectivity index (χ0) is 14.4. The number of anilines is 1. The van der Waals surface area contributed by atoms with Gasteiger partial charge in [-0.05, 0) is 42.9 Å². The molecule has 5 nitrogen and oxygen atoms in total. The second-order valence-corrected chi connectivity index (χ2v) is 5.67. The van der Waals surface area contributed by atoms with Gasteiger partial charge in [0.15, 0.2) is 0 Å².